The van der Waals surface area contributed by atoms with E-state index in [9.17, 15) is 18.0 Å². The fourth-order valence-corrected chi connectivity index (χ4v) is 2.44. The van der Waals surface area contributed by atoms with E-state index in [2.05, 4.69) is 30.8 Å². The highest BCUT2D eigenvalue weighted by molar-refractivity contribution is 5.72. The van der Waals surface area contributed by atoms with Crippen LogP contribution in [0.2, 0.25) is 0 Å². The van der Waals surface area contributed by atoms with Gasteiger partial charge in [-0.1, -0.05) is 12.1 Å². The van der Waals surface area contributed by atoms with Crippen LogP contribution in [0.5, 0.6) is 0 Å². The minimum absolute atomic E-state index is 0.0427. The summed E-state index contributed by atoms with van der Waals surface area (Å²) in [4.78, 5) is 20.7. The molecule has 10 heteroatoms. The van der Waals surface area contributed by atoms with Gasteiger partial charge in [0.15, 0.2) is 0 Å². The first kappa shape index (κ1) is 22.4. The molecular weight excluding hydrogens is 385 g/mol. The Balaban J connectivity index is 2.10. The summed E-state index contributed by atoms with van der Waals surface area (Å²) >= 11 is 0. The predicted octanol–water partition coefficient (Wildman–Crippen LogP) is 2.89. The molecule has 7 nitrogen and oxygen atoms in total. The van der Waals surface area contributed by atoms with Crippen LogP contribution in [0.25, 0.3) is 0 Å². The lowest BCUT2D eigenvalue weighted by Gasteiger charge is -2.15. The van der Waals surface area contributed by atoms with Crippen molar-refractivity contribution in [2.45, 2.75) is 19.5 Å². The molecule has 29 heavy (non-hydrogen) atoms. The van der Waals surface area contributed by atoms with E-state index in [4.69, 9.17) is 0 Å². The number of benzene rings is 1. The summed E-state index contributed by atoms with van der Waals surface area (Å²) < 4.78 is 39.6. The molecule has 2 rings (SSSR count). The van der Waals surface area contributed by atoms with Gasteiger partial charge in [-0.2, -0.15) is 18.2 Å². The molecule has 0 spiro atoms. The maximum Gasteiger partial charge on any atom is 0.421 e. The van der Waals surface area contributed by atoms with E-state index in [1.165, 1.54) is 6.92 Å². The molecule has 0 unspecified atom stereocenters. The summed E-state index contributed by atoms with van der Waals surface area (Å²) in [6, 6.07) is 7.55. The van der Waals surface area contributed by atoms with E-state index in [0.717, 1.165) is 24.7 Å². The standard InChI is InChI=1S/C19H25F3N6O/c1-13(29)23-9-10-24-17-16(19(20,21)22)12-25-18(27-17)26-15-6-4-14(5-7-15)8-11-28(2)3/h4-7,12H,8-11H2,1-3H3,(H,23,29)(H2,24,25,26,27). The van der Waals surface area contributed by atoms with E-state index in [-0.39, 0.29) is 30.8 Å². The Morgan fingerprint density at radius 1 is 1.14 bits per heavy atom. The topological polar surface area (TPSA) is 82.2 Å². The average molecular weight is 410 g/mol. The highest BCUT2D eigenvalue weighted by Gasteiger charge is 2.35. The van der Waals surface area contributed by atoms with E-state index < -0.39 is 11.7 Å². The van der Waals surface area contributed by atoms with Crippen molar-refractivity contribution in [1.82, 2.24) is 20.2 Å². The third-order valence-electron chi connectivity index (χ3n) is 3.94. The van der Waals surface area contributed by atoms with Gasteiger partial charge in [0.1, 0.15) is 11.4 Å². The summed E-state index contributed by atoms with van der Waals surface area (Å²) in [6.07, 6.45) is -2.96. The number of aromatic nitrogens is 2. The van der Waals surface area contributed by atoms with Gasteiger partial charge in [-0.3, -0.25) is 4.79 Å². The Hall–Kier alpha value is -2.88. The quantitative estimate of drug-likeness (QED) is 0.552. The molecule has 0 bridgehead atoms. The van der Waals surface area contributed by atoms with Gasteiger partial charge in [0.05, 0.1) is 0 Å². The number of carbonyl (C=O) groups is 1. The number of rotatable bonds is 9. The summed E-state index contributed by atoms with van der Waals surface area (Å²) in [5, 5.41) is 8.03. The number of nitrogens with zero attached hydrogens (tertiary/aromatic N) is 3. The van der Waals surface area contributed by atoms with Crippen molar-refractivity contribution in [2.24, 2.45) is 0 Å². The minimum atomic E-state index is -4.59. The van der Waals surface area contributed by atoms with Crippen molar-refractivity contribution in [3.8, 4) is 0 Å². The molecule has 0 saturated carbocycles. The number of hydrogen-bond donors (Lipinski definition) is 3. The van der Waals surface area contributed by atoms with Gasteiger partial charge in [-0.15, -0.1) is 0 Å². The van der Waals surface area contributed by atoms with Gasteiger partial charge in [-0.05, 0) is 38.2 Å². The first-order valence-corrected chi connectivity index (χ1v) is 9.08. The highest BCUT2D eigenvalue weighted by atomic mass is 19.4. The second-order valence-corrected chi connectivity index (χ2v) is 6.74. The second-order valence-electron chi connectivity index (χ2n) is 6.74. The van der Waals surface area contributed by atoms with Crippen LogP contribution in [0, 0.1) is 0 Å². The van der Waals surface area contributed by atoms with Gasteiger partial charge < -0.3 is 20.9 Å². The lowest BCUT2D eigenvalue weighted by molar-refractivity contribution is -0.137. The molecule has 158 valence electrons. The maximum atomic E-state index is 13.2. The van der Waals surface area contributed by atoms with Crippen molar-refractivity contribution in [3.63, 3.8) is 0 Å². The zero-order valence-electron chi connectivity index (χ0n) is 16.6. The van der Waals surface area contributed by atoms with Crippen molar-refractivity contribution >= 4 is 23.4 Å². The van der Waals surface area contributed by atoms with Crippen LogP contribution in [0.1, 0.15) is 18.1 Å². The molecule has 0 aliphatic heterocycles. The molecule has 0 aliphatic carbocycles. The molecule has 0 fully saturated rings. The normalized spacial score (nSPS) is 11.4. The molecule has 1 aromatic carbocycles. The van der Waals surface area contributed by atoms with Crippen LogP contribution >= 0.6 is 0 Å². The van der Waals surface area contributed by atoms with E-state index in [0.29, 0.717) is 5.69 Å². The van der Waals surface area contributed by atoms with Gasteiger partial charge in [0.25, 0.3) is 0 Å². The molecular formula is C19H25F3N6O. The minimum Gasteiger partial charge on any atom is -0.368 e. The van der Waals surface area contributed by atoms with Gasteiger partial charge in [0, 0.05) is 38.4 Å². The number of alkyl halides is 3. The number of hydrogen-bond acceptors (Lipinski definition) is 6. The van der Waals surface area contributed by atoms with Gasteiger partial charge >= 0.3 is 6.18 Å². The monoisotopic (exact) mass is 410 g/mol. The average Bonchev–Trinajstić information content (AvgIpc) is 2.64. The Bertz CT molecular complexity index is 809. The fraction of sp³-hybridized carbons (Fsp3) is 0.421. The van der Waals surface area contributed by atoms with Crippen LogP contribution in [-0.2, 0) is 17.4 Å². The molecule has 2 aromatic rings. The predicted molar refractivity (Wildman–Crippen MR) is 106 cm³/mol. The zero-order chi connectivity index (χ0) is 21.4. The Kier molecular flexibility index (Phi) is 7.77. The number of anilines is 3. The van der Waals surface area contributed by atoms with Crippen LogP contribution in [-0.4, -0.2) is 54.5 Å². The third kappa shape index (κ3) is 7.57. The van der Waals surface area contributed by atoms with Gasteiger partial charge in [-0.25, -0.2) is 4.98 Å². The van der Waals surface area contributed by atoms with Crippen molar-refractivity contribution < 1.29 is 18.0 Å². The number of likely N-dealkylation sites (N-methyl/N-ethyl adjacent to an activating group) is 1. The van der Waals surface area contributed by atoms with Crippen LogP contribution < -0.4 is 16.0 Å². The zero-order valence-corrected chi connectivity index (χ0v) is 16.6. The summed E-state index contributed by atoms with van der Waals surface area (Å²) in [5.41, 5.74) is 0.852. The second kappa shape index (κ2) is 10.1. The first-order valence-electron chi connectivity index (χ1n) is 9.08. The smallest absolute Gasteiger partial charge is 0.368 e. The Labute approximate surface area is 167 Å². The van der Waals surface area contributed by atoms with Gasteiger partial charge in [0.2, 0.25) is 11.9 Å². The number of amides is 1. The molecule has 0 atom stereocenters. The summed E-state index contributed by atoms with van der Waals surface area (Å²) in [6.45, 7) is 2.52. The molecule has 0 radical (unpaired) electrons. The molecule has 1 heterocycles. The van der Waals surface area contributed by atoms with Crippen molar-refractivity contribution in [3.05, 3.63) is 41.6 Å². The van der Waals surface area contributed by atoms with E-state index in [1.807, 2.05) is 38.4 Å². The van der Waals surface area contributed by atoms with Crippen LogP contribution in [0.4, 0.5) is 30.6 Å². The lowest BCUT2D eigenvalue weighted by atomic mass is 10.1. The lowest BCUT2D eigenvalue weighted by Crippen LogP contribution is -2.27. The molecule has 0 aliphatic rings. The molecule has 3 N–H and O–H groups in total. The number of carbonyl (C=O) groups excluding carboxylic acids is 1. The number of nitrogens with one attached hydrogen (secondary N) is 3. The summed E-state index contributed by atoms with van der Waals surface area (Å²) in [7, 11) is 4.00. The van der Waals surface area contributed by atoms with Crippen LogP contribution in [0.3, 0.4) is 0 Å². The largest absolute Gasteiger partial charge is 0.421 e. The first-order chi connectivity index (χ1) is 13.6. The summed E-state index contributed by atoms with van der Waals surface area (Å²) in [5.74, 6) is -0.564. The van der Waals surface area contributed by atoms with E-state index >= 15 is 0 Å². The molecule has 0 saturated heterocycles. The van der Waals surface area contributed by atoms with Crippen LogP contribution in [0.15, 0.2) is 30.5 Å². The van der Waals surface area contributed by atoms with Crippen molar-refractivity contribution in [1.29, 1.82) is 0 Å². The molecule has 1 amide bonds. The van der Waals surface area contributed by atoms with E-state index in [1.54, 1.807) is 0 Å². The number of halogens is 3. The maximum absolute atomic E-state index is 13.2. The molecule has 1 aromatic heterocycles. The Morgan fingerprint density at radius 2 is 1.83 bits per heavy atom. The highest BCUT2D eigenvalue weighted by Crippen LogP contribution is 2.34. The third-order valence-corrected chi connectivity index (χ3v) is 3.94. The fourth-order valence-electron chi connectivity index (χ4n) is 2.44. The SMILES string of the molecule is CC(=O)NCCNc1nc(Nc2ccc(CCN(C)C)cc2)ncc1C(F)(F)F. The van der Waals surface area contributed by atoms with Crippen molar-refractivity contribution in [2.75, 3.05) is 44.4 Å². The Morgan fingerprint density at radius 3 is 2.41 bits per heavy atom.